The summed E-state index contributed by atoms with van der Waals surface area (Å²) in [5.41, 5.74) is 1.53. The molecule has 0 atom stereocenters. The maximum Gasteiger partial charge on any atom is 0.573 e. The Hall–Kier alpha value is -4.90. The van der Waals surface area contributed by atoms with Gasteiger partial charge in [0.2, 0.25) is 0 Å². The van der Waals surface area contributed by atoms with Crippen LogP contribution in [-0.2, 0) is 6.18 Å². The predicted molar refractivity (Wildman–Crippen MR) is 196 cm³/mol. The van der Waals surface area contributed by atoms with E-state index in [1.54, 1.807) is 34.9 Å². The van der Waals surface area contributed by atoms with Crippen LogP contribution in [-0.4, -0.2) is 58.9 Å². The number of aliphatic hydroxyl groups excluding tert-OH is 1. The number of ether oxygens (including phenoxy) is 1. The molecule has 288 valence electrons. The standard InChI is InChI=1S/C38H36BrF6N8O2/c39-25-5-7-26(8-6-25)46-28-11-16-33-48-49-35(51(33)20-28)23-4-15-31(32(19-23)55-38(43,44)45)53-34-17-12-29(47-27-9-13-30(54)14-10-27)21-52(34)36(50-53)22-2-1-3-24(18-22)37(40,41)42/h1-4,11-12,15-21,25-27,30,46-47,54H,5-10,13-14H2/q+1. The fourth-order valence-electron chi connectivity index (χ4n) is 7.42. The van der Waals surface area contributed by atoms with Crippen molar-refractivity contribution in [1.29, 1.82) is 0 Å². The molecule has 10 nitrogen and oxygen atoms in total. The van der Waals surface area contributed by atoms with Crippen molar-refractivity contribution < 1.29 is 40.6 Å². The van der Waals surface area contributed by atoms with E-state index in [0.717, 1.165) is 43.5 Å². The zero-order valence-corrected chi connectivity index (χ0v) is 30.7. The Morgan fingerprint density at radius 3 is 2.22 bits per heavy atom. The summed E-state index contributed by atoms with van der Waals surface area (Å²) < 4.78 is 92.7. The Morgan fingerprint density at radius 1 is 0.782 bits per heavy atom. The van der Waals surface area contributed by atoms with Crippen LogP contribution in [0.15, 0.2) is 79.1 Å². The second-order valence-corrected chi connectivity index (χ2v) is 15.4. The second kappa shape index (κ2) is 14.6. The number of hydrogen-bond acceptors (Lipinski definition) is 7. The van der Waals surface area contributed by atoms with Crippen LogP contribution < -0.4 is 19.8 Å². The molecule has 4 aromatic heterocycles. The number of alkyl halides is 7. The lowest BCUT2D eigenvalue weighted by Gasteiger charge is -2.26. The Bertz CT molecular complexity index is 2330. The van der Waals surface area contributed by atoms with Gasteiger partial charge in [-0.2, -0.15) is 17.6 Å². The van der Waals surface area contributed by atoms with Gasteiger partial charge in [-0.25, -0.2) is 0 Å². The number of nitrogens with zero attached hydrogens (tertiary/aromatic N) is 6. The summed E-state index contributed by atoms with van der Waals surface area (Å²) in [5, 5.41) is 30.1. The van der Waals surface area contributed by atoms with Gasteiger partial charge >= 0.3 is 18.4 Å². The minimum Gasteiger partial charge on any atom is -0.402 e. The lowest BCUT2D eigenvalue weighted by molar-refractivity contribution is -0.499. The third-order valence-corrected chi connectivity index (χ3v) is 11.1. The molecule has 0 aliphatic heterocycles. The summed E-state index contributed by atoms with van der Waals surface area (Å²) in [5.74, 6) is -0.276. The number of nitrogens with one attached hydrogen (secondary N) is 2. The van der Waals surface area contributed by atoms with Gasteiger partial charge in [-0.05, 0) is 106 Å². The summed E-state index contributed by atoms with van der Waals surface area (Å²) in [7, 11) is 0. The highest BCUT2D eigenvalue weighted by molar-refractivity contribution is 9.09. The predicted octanol–water partition coefficient (Wildman–Crippen LogP) is 8.74. The number of aromatic nitrogens is 6. The van der Waals surface area contributed by atoms with E-state index in [2.05, 4.69) is 46.6 Å². The number of aliphatic hydroxyl groups is 1. The molecule has 55 heavy (non-hydrogen) atoms. The van der Waals surface area contributed by atoms with Crippen LogP contribution in [0.1, 0.15) is 56.9 Å². The van der Waals surface area contributed by atoms with Crippen LogP contribution in [0.4, 0.5) is 37.7 Å². The molecule has 4 heterocycles. The molecule has 17 heteroatoms. The topological polar surface area (TPSA) is 106 Å². The first kappa shape index (κ1) is 37.0. The summed E-state index contributed by atoms with van der Waals surface area (Å²) >= 11 is 3.68. The Kier molecular flexibility index (Phi) is 9.86. The largest absolute Gasteiger partial charge is 0.573 e. The molecule has 2 aromatic carbocycles. The second-order valence-electron chi connectivity index (χ2n) is 14.1. The van der Waals surface area contributed by atoms with Crippen molar-refractivity contribution in [3.8, 4) is 34.2 Å². The average Bonchev–Trinajstić information content (AvgIpc) is 3.74. The quantitative estimate of drug-likeness (QED) is 0.0801. The van der Waals surface area contributed by atoms with E-state index in [4.69, 9.17) is 0 Å². The van der Waals surface area contributed by atoms with E-state index in [9.17, 15) is 31.4 Å². The molecular formula is C38H36BrF6N8O2+. The normalized spacial score (nSPS) is 20.9. The summed E-state index contributed by atoms with van der Waals surface area (Å²) in [6, 6.07) is 16.1. The van der Waals surface area contributed by atoms with Crippen LogP contribution in [0.5, 0.6) is 5.75 Å². The van der Waals surface area contributed by atoms with E-state index in [-0.39, 0.29) is 52.3 Å². The summed E-state index contributed by atoms with van der Waals surface area (Å²) in [4.78, 5) is 0.497. The first-order valence-corrected chi connectivity index (χ1v) is 18.9. The molecule has 2 aliphatic carbocycles. The smallest absolute Gasteiger partial charge is 0.402 e. The summed E-state index contributed by atoms with van der Waals surface area (Å²) in [6.45, 7) is 0. The number of hydrogen-bond donors (Lipinski definition) is 3. The van der Waals surface area contributed by atoms with Crippen molar-refractivity contribution >= 4 is 38.6 Å². The fourth-order valence-corrected chi connectivity index (χ4v) is 7.95. The van der Waals surface area contributed by atoms with Gasteiger partial charge in [-0.1, -0.05) is 26.7 Å². The Balaban J connectivity index is 1.21. The van der Waals surface area contributed by atoms with Gasteiger partial charge in [-0.3, -0.25) is 4.40 Å². The van der Waals surface area contributed by atoms with Crippen molar-refractivity contribution in [2.75, 3.05) is 10.6 Å². The van der Waals surface area contributed by atoms with Gasteiger partial charge in [0, 0.05) is 34.7 Å². The van der Waals surface area contributed by atoms with Crippen molar-refractivity contribution in [1.82, 2.24) is 24.4 Å². The first-order chi connectivity index (χ1) is 26.3. The van der Waals surface area contributed by atoms with Crippen molar-refractivity contribution in [2.45, 2.75) is 86.9 Å². The van der Waals surface area contributed by atoms with Gasteiger partial charge in [0.25, 0.3) is 5.65 Å². The van der Waals surface area contributed by atoms with Crippen LogP contribution in [0.25, 0.3) is 39.8 Å². The maximum atomic E-state index is 14.1. The molecule has 6 aromatic rings. The van der Waals surface area contributed by atoms with Crippen LogP contribution in [0.2, 0.25) is 0 Å². The fraction of sp³-hybridized carbons (Fsp3) is 0.368. The third kappa shape index (κ3) is 8.08. The zero-order chi connectivity index (χ0) is 38.5. The van der Waals surface area contributed by atoms with Gasteiger partial charge in [-0.15, -0.1) is 23.4 Å². The SMILES string of the molecule is OC1CCC(Nc2ccc3n(-c4ccc(-c5nnc6ccc(NC7CCC(Br)CC7)cn56)cc4OC(F)(F)F)nc(-c4cccc(C(F)(F)F)c4)[n+]3c2)CC1. The van der Waals surface area contributed by atoms with Crippen molar-refractivity contribution in [3.05, 3.63) is 84.7 Å². The van der Waals surface area contributed by atoms with Crippen LogP contribution in [0, 0.1) is 0 Å². The van der Waals surface area contributed by atoms with E-state index in [1.165, 1.54) is 33.3 Å². The molecule has 2 saturated carbocycles. The molecule has 3 N–H and O–H groups in total. The lowest BCUT2D eigenvalue weighted by atomic mass is 9.93. The van der Waals surface area contributed by atoms with E-state index >= 15 is 0 Å². The third-order valence-electron chi connectivity index (χ3n) is 10.2. The number of rotatable bonds is 8. The first-order valence-electron chi connectivity index (χ1n) is 18.0. The molecule has 0 bridgehead atoms. The summed E-state index contributed by atoms with van der Waals surface area (Å²) in [6.07, 6.45) is 0.0869. The van der Waals surface area contributed by atoms with E-state index < -0.39 is 23.9 Å². The van der Waals surface area contributed by atoms with Crippen LogP contribution >= 0.6 is 15.9 Å². The molecule has 8 rings (SSSR count). The Morgan fingerprint density at radius 2 is 1.49 bits per heavy atom. The molecule has 0 radical (unpaired) electrons. The molecule has 2 fully saturated rings. The highest BCUT2D eigenvalue weighted by atomic mass is 79.9. The molecular weight excluding hydrogens is 794 g/mol. The molecule has 0 saturated heterocycles. The number of halogens is 7. The highest BCUT2D eigenvalue weighted by Gasteiger charge is 2.36. The van der Waals surface area contributed by atoms with Gasteiger partial charge < -0.3 is 20.5 Å². The Labute approximate surface area is 319 Å². The minimum atomic E-state index is -5.10. The number of anilines is 2. The molecule has 0 unspecified atom stereocenters. The van der Waals surface area contributed by atoms with E-state index in [0.29, 0.717) is 41.8 Å². The lowest BCUT2D eigenvalue weighted by Crippen LogP contribution is -2.30. The average molecular weight is 831 g/mol. The van der Waals surface area contributed by atoms with Gasteiger partial charge in [0.1, 0.15) is 0 Å². The van der Waals surface area contributed by atoms with Crippen molar-refractivity contribution in [3.63, 3.8) is 0 Å². The molecule has 0 amide bonds. The minimum absolute atomic E-state index is 0.0437. The van der Waals surface area contributed by atoms with E-state index in [1.807, 2.05) is 12.3 Å². The van der Waals surface area contributed by atoms with Gasteiger partial charge in [0.15, 0.2) is 22.9 Å². The zero-order valence-electron chi connectivity index (χ0n) is 29.2. The monoisotopic (exact) mass is 829 g/mol. The molecule has 0 spiro atoms. The van der Waals surface area contributed by atoms with Crippen LogP contribution in [0.3, 0.4) is 0 Å². The molecule has 2 aliphatic rings. The van der Waals surface area contributed by atoms with Gasteiger partial charge in [0.05, 0.1) is 39.9 Å². The maximum absolute atomic E-state index is 14.1. The highest BCUT2D eigenvalue weighted by Crippen LogP contribution is 2.36. The van der Waals surface area contributed by atoms with Crippen molar-refractivity contribution in [2.24, 2.45) is 0 Å². The number of benzene rings is 2. The number of fused-ring (bicyclic) bond motifs is 2. The number of pyridine rings is 2.